The van der Waals surface area contributed by atoms with Gasteiger partial charge in [-0.2, -0.15) is 5.26 Å². The number of rotatable bonds is 6. The van der Waals surface area contributed by atoms with Crippen LogP contribution in [0.15, 0.2) is 34.3 Å². The molecule has 0 aliphatic carbocycles. The van der Waals surface area contributed by atoms with E-state index in [-0.39, 0.29) is 0 Å². The zero-order valence-electron chi connectivity index (χ0n) is 12.8. The molecule has 6 heteroatoms. The fraction of sp³-hybridized carbons (Fsp3) is 0.312. The summed E-state index contributed by atoms with van der Waals surface area (Å²) in [5.74, 6) is 1.51. The predicted molar refractivity (Wildman–Crippen MR) is 88.8 cm³/mol. The third-order valence-electron chi connectivity index (χ3n) is 3.00. The number of hydrogen-bond acceptors (Lipinski definition) is 4. The third kappa shape index (κ3) is 4.43. The van der Waals surface area contributed by atoms with Crippen molar-refractivity contribution in [3.8, 4) is 6.07 Å². The number of aromatic amines is 1. The van der Waals surface area contributed by atoms with Crippen molar-refractivity contribution in [1.29, 1.82) is 5.26 Å². The van der Waals surface area contributed by atoms with E-state index in [9.17, 15) is 0 Å². The molecule has 2 rings (SSSR count). The van der Waals surface area contributed by atoms with Crippen LogP contribution in [0, 0.1) is 11.3 Å². The minimum atomic E-state index is 0.621. The first-order valence-electron chi connectivity index (χ1n) is 7.13. The Morgan fingerprint density at radius 2 is 2.32 bits per heavy atom. The molecule has 0 unspecified atom stereocenters. The van der Waals surface area contributed by atoms with Gasteiger partial charge in [-0.15, -0.1) is 0 Å². The first-order valence-corrected chi connectivity index (χ1v) is 7.13. The van der Waals surface area contributed by atoms with Gasteiger partial charge in [0.1, 0.15) is 5.82 Å². The molecule has 1 aromatic carbocycles. The van der Waals surface area contributed by atoms with Gasteiger partial charge in [0, 0.05) is 17.5 Å². The van der Waals surface area contributed by atoms with E-state index < -0.39 is 0 Å². The lowest BCUT2D eigenvalue weighted by Gasteiger charge is -2.00. The van der Waals surface area contributed by atoms with Crippen LogP contribution >= 0.6 is 0 Å². The normalized spacial score (nSPS) is 12.0. The molecule has 114 valence electrons. The molecule has 2 N–H and O–H groups in total. The van der Waals surface area contributed by atoms with Crippen LogP contribution in [-0.2, 0) is 4.74 Å². The molecule has 0 aliphatic rings. The molecule has 1 heterocycles. The van der Waals surface area contributed by atoms with Gasteiger partial charge < -0.3 is 15.0 Å². The zero-order chi connectivity index (χ0) is 15.8. The van der Waals surface area contributed by atoms with E-state index >= 15 is 0 Å². The van der Waals surface area contributed by atoms with Crippen LogP contribution in [0.2, 0.25) is 0 Å². The molecule has 1 aromatic heterocycles. The van der Waals surface area contributed by atoms with Crippen LogP contribution < -0.4 is 5.32 Å². The second kappa shape index (κ2) is 7.96. The Hall–Kier alpha value is -2.65. The first kappa shape index (κ1) is 15.7. The van der Waals surface area contributed by atoms with Crippen molar-refractivity contribution >= 4 is 28.9 Å². The molecule has 2 aromatic rings. The lowest BCUT2D eigenvalue weighted by atomic mass is 10.2. The molecule has 0 fully saturated rings. The summed E-state index contributed by atoms with van der Waals surface area (Å²) in [5.41, 5.74) is 1.59. The number of fused-ring (bicyclic) bond motifs is 1. The molecule has 6 nitrogen and oxygen atoms in total. The van der Waals surface area contributed by atoms with Crippen LogP contribution in [0.3, 0.4) is 0 Å². The Morgan fingerprint density at radius 3 is 3.09 bits per heavy atom. The maximum absolute atomic E-state index is 8.89. The van der Waals surface area contributed by atoms with E-state index in [1.807, 2.05) is 32.0 Å². The molecule has 0 aliphatic heterocycles. The minimum absolute atomic E-state index is 0.621. The number of amidine groups is 1. The van der Waals surface area contributed by atoms with Gasteiger partial charge in [0.05, 0.1) is 37.0 Å². The van der Waals surface area contributed by atoms with E-state index in [2.05, 4.69) is 26.4 Å². The number of H-pyrrole nitrogens is 1. The quantitative estimate of drug-likeness (QED) is 0.488. The largest absolute Gasteiger partial charge is 0.380 e. The molecule has 0 spiro atoms. The molecule has 22 heavy (non-hydrogen) atoms. The predicted octanol–water partition coefficient (Wildman–Crippen LogP) is 2.74. The molecular weight excluding hydrogens is 278 g/mol. The number of benzene rings is 1. The maximum Gasteiger partial charge on any atom is 0.132 e. The lowest BCUT2D eigenvalue weighted by Crippen LogP contribution is -2.18. The van der Waals surface area contributed by atoms with Crippen molar-refractivity contribution in [2.75, 3.05) is 19.8 Å². The van der Waals surface area contributed by atoms with Gasteiger partial charge in [0.2, 0.25) is 0 Å². The van der Waals surface area contributed by atoms with Gasteiger partial charge in [-0.05, 0) is 38.1 Å². The topological polar surface area (TPSA) is 85.6 Å². The van der Waals surface area contributed by atoms with Crippen LogP contribution in [0.4, 0.5) is 5.82 Å². The van der Waals surface area contributed by atoms with Crippen molar-refractivity contribution in [3.05, 3.63) is 29.8 Å². The highest BCUT2D eigenvalue weighted by atomic mass is 16.5. The van der Waals surface area contributed by atoms with Crippen LogP contribution in [0.25, 0.3) is 10.9 Å². The van der Waals surface area contributed by atoms with Crippen molar-refractivity contribution in [2.24, 2.45) is 9.98 Å². The average molecular weight is 297 g/mol. The SMILES string of the molecule is CCOCCN=C(C)N/C=N\c1cc2cc(C#N)ccc2[nH]1. The summed E-state index contributed by atoms with van der Waals surface area (Å²) in [6, 6.07) is 9.51. The van der Waals surface area contributed by atoms with Crippen molar-refractivity contribution < 1.29 is 4.74 Å². The molecule has 0 saturated heterocycles. The lowest BCUT2D eigenvalue weighted by molar-refractivity contribution is 0.156. The molecule has 0 amide bonds. The van der Waals surface area contributed by atoms with Crippen LogP contribution in [-0.4, -0.2) is 36.9 Å². The fourth-order valence-electron chi connectivity index (χ4n) is 1.92. The molecule has 0 saturated carbocycles. The summed E-state index contributed by atoms with van der Waals surface area (Å²) >= 11 is 0. The molecule has 0 bridgehead atoms. The Morgan fingerprint density at radius 1 is 1.45 bits per heavy atom. The summed E-state index contributed by atoms with van der Waals surface area (Å²) in [6.07, 6.45) is 1.59. The van der Waals surface area contributed by atoms with Gasteiger partial charge in [0.25, 0.3) is 0 Å². The number of nitriles is 1. The van der Waals surface area contributed by atoms with Crippen molar-refractivity contribution in [3.63, 3.8) is 0 Å². The van der Waals surface area contributed by atoms with E-state index in [4.69, 9.17) is 10.00 Å². The molecule has 0 radical (unpaired) electrons. The Labute approximate surface area is 129 Å². The van der Waals surface area contributed by atoms with E-state index in [1.165, 1.54) is 0 Å². The number of nitrogens with zero attached hydrogens (tertiary/aromatic N) is 3. The van der Waals surface area contributed by atoms with Gasteiger partial charge in [-0.1, -0.05) is 0 Å². The van der Waals surface area contributed by atoms with Crippen molar-refractivity contribution in [2.45, 2.75) is 13.8 Å². The summed E-state index contributed by atoms with van der Waals surface area (Å²) < 4.78 is 5.21. The third-order valence-corrected chi connectivity index (χ3v) is 3.00. The summed E-state index contributed by atoms with van der Waals surface area (Å²) in [6.45, 7) is 5.79. The summed E-state index contributed by atoms with van der Waals surface area (Å²) in [7, 11) is 0. The number of hydrogen-bond donors (Lipinski definition) is 2. The smallest absolute Gasteiger partial charge is 0.132 e. The first-order chi connectivity index (χ1) is 10.7. The monoisotopic (exact) mass is 297 g/mol. The average Bonchev–Trinajstić information content (AvgIpc) is 2.93. The standard InChI is InChI=1S/C16H19N5O/c1-3-22-7-6-18-12(2)19-11-20-16-9-14-8-13(10-17)4-5-15(14)21-16/h4-5,8-9,11,21H,3,6-7H2,1-2H3,(H,18,19,20). The minimum Gasteiger partial charge on any atom is -0.380 e. The van der Waals surface area contributed by atoms with Crippen LogP contribution in [0.5, 0.6) is 0 Å². The van der Waals surface area contributed by atoms with E-state index in [0.29, 0.717) is 25.3 Å². The maximum atomic E-state index is 8.89. The molecular formula is C16H19N5O. The number of ether oxygens (including phenoxy) is 1. The summed E-state index contributed by atoms with van der Waals surface area (Å²) in [5, 5.41) is 12.9. The Kier molecular flexibility index (Phi) is 5.69. The highest BCUT2D eigenvalue weighted by molar-refractivity contribution is 5.91. The second-order valence-corrected chi connectivity index (χ2v) is 4.64. The fourth-order valence-corrected chi connectivity index (χ4v) is 1.92. The zero-order valence-corrected chi connectivity index (χ0v) is 12.8. The highest BCUT2D eigenvalue weighted by Gasteiger charge is 2.00. The number of nitrogens with one attached hydrogen (secondary N) is 2. The number of aromatic nitrogens is 1. The Bertz CT molecular complexity index is 724. The summed E-state index contributed by atoms with van der Waals surface area (Å²) in [4.78, 5) is 11.8. The van der Waals surface area contributed by atoms with Gasteiger partial charge in [-0.25, -0.2) is 4.99 Å². The van der Waals surface area contributed by atoms with Gasteiger partial charge >= 0.3 is 0 Å². The highest BCUT2D eigenvalue weighted by Crippen LogP contribution is 2.21. The second-order valence-electron chi connectivity index (χ2n) is 4.64. The van der Waals surface area contributed by atoms with Gasteiger partial charge in [-0.3, -0.25) is 4.99 Å². The van der Waals surface area contributed by atoms with Crippen LogP contribution in [0.1, 0.15) is 19.4 Å². The van der Waals surface area contributed by atoms with E-state index in [1.54, 1.807) is 12.4 Å². The number of aliphatic imine (C=N–C) groups is 2. The van der Waals surface area contributed by atoms with E-state index in [0.717, 1.165) is 22.6 Å². The molecule has 0 atom stereocenters. The van der Waals surface area contributed by atoms with Gasteiger partial charge in [0.15, 0.2) is 0 Å². The van der Waals surface area contributed by atoms with Crippen molar-refractivity contribution in [1.82, 2.24) is 10.3 Å². The Balaban J connectivity index is 1.94.